The molecule has 1 aromatic carbocycles. The number of aromatic nitrogens is 2. The Hall–Kier alpha value is -2.94. The number of fused-ring (bicyclic) bond motifs is 1. The van der Waals surface area contributed by atoms with Crippen molar-refractivity contribution in [1.82, 2.24) is 9.78 Å². The van der Waals surface area contributed by atoms with E-state index in [1.54, 1.807) is 23.0 Å². The summed E-state index contributed by atoms with van der Waals surface area (Å²) in [4.78, 5) is 0. The van der Waals surface area contributed by atoms with Crippen LogP contribution in [0, 0.1) is 11.3 Å². The lowest BCUT2D eigenvalue weighted by molar-refractivity contribution is 0.289. The molecule has 0 atom stereocenters. The summed E-state index contributed by atoms with van der Waals surface area (Å²) in [6.07, 6.45) is 1.78. The topological polar surface area (TPSA) is 90.0 Å². The van der Waals surface area contributed by atoms with Crippen molar-refractivity contribution in [3.05, 3.63) is 42.3 Å². The van der Waals surface area contributed by atoms with E-state index in [0.29, 0.717) is 30.3 Å². The number of para-hydroxylation sites is 1. The summed E-state index contributed by atoms with van der Waals surface area (Å²) in [5.41, 5.74) is 6.18. The summed E-state index contributed by atoms with van der Waals surface area (Å²) in [7, 11) is 0. The Kier molecular flexibility index (Phi) is 3.01. The maximum Gasteiger partial charge on any atom is 0.246 e. The second kappa shape index (κ2) is 4.97. The molecular weight excluding hydrogens is 256 g/mol. The summed E-state index contributed by atoms with van der Waals surface area (Å²) in [6.45, 7) is 0.918. The molecule has 0 saturated heterocycles. The molecule has 2 heterocycles. The van der Waals surface area contributed by atoms with Crippen molar-refractivity contribution in [2.24, 2.45) is 0 Å². The third-order valence-corrected chi connectivity index (χ3v) is 2.88. The molecule has 0 saturated carbocycles. The van der Waals surface area contributed by atoms with Crippen LogP contribution in [0.4, 0.5) is 5.82 Å². The van der Waals surface area contributed by atoms with Crippen molar-refractivity contribution >= 4 is 16.8 Å². The maximum absolute atomic E-state index is 9.08. The molecule has 6 heteroatoms. The number of nitrogen functional groups attached to an aromatic ring is 1. The minimum Gasteiger partial charge on any atom is -0.486 e. The number of nitrogens with zero attached hydrogens (tertiary/aromatic N) is 3. The van der Waals surface area contributed by atoms with E-state index in [1.807, 2.05) is 24.3 Å². The van der Waals surface area contributed by atoms with Crippen LogP contribution in [0.2, 0.25) is 0 Å². The van der Waals surface area contributed by atoms with E-state index < -0.39 is 0 Å². The molecule has 0 amide bonds. The van der Waals surface area contributed by atoms with Gasteiger partial charge in [0.2, 0.25) is 5.76 Å². The molecule has 0 aliphatic rings. The van der Waals surface area contributed by atoms with Crippen LogP contribution in [-0.2, 0) is 6.54 Å². The van der Waals surface area contributed by atoms with Crippen LogP contribution in [0.25, 0.3) is 11.0 Å². The van der Waals surface area contributed by atoms with Crippen LogP contribution in [0.3, 0.4) is 0 Å². The summed E-state index contributed by atoms with van der Waals surface area (Å²) >= 11 is 0. The Bertz CT molecular complexity index is 782. The molecule has 3 rings (SSSR count). The molecule has 0 aliphatic carbocycles. The van der Waals surface area contributed by atoms with Gasteiger partial charge in [-0.3, -0.25) is 4.68 Å². The highest BCUT2D eigenvalue weighted by Gasteiger charge is 2.14. The number of rotatable bonds is 4. The first-order chi connectivity index (χ1) is 9.78. The quantitative estimate of drug-likeness (QED) is 0.783. The lowest BCUT2D eigenvalue weighted by atomic mass is 10.2. The van der Waals surface area contributed by atoms with Gasteiger partial charge in [-0.15, -0.1) is 0 Å². The van der Waals surface area contributed by atoms with Crippen molar-refractivity contribution in [2.75, 3.05) is 12.3 Å². The first-order valence-electron chi connectivity index (χ1n) is 6.11. The second-order valence-corrected chi connectivity index (χ2v) is 4.22. The smallest absolute Gasteiger partial charge is 0.246 e. The van der Waals surface area contributed by atoms with E-state index in [2.05, 4.69) is 5.10 Å². The monoisotopic (exact) mass is 268 g/mol. The molecule has 0 unspecified atom stereocenters. The number of benzene rings is 1. The fourth-order valence-electron chi connectivity index (χ4n) is 1.98. The highest BCUT2D eigenvalue weighted by Crippen LogP contribution is 2.32. The molecule has 3 aromatic rings. The van der Waals surface area contributed by atoms with E-state index >= 15 is 0 Å². The van der Waals surface area contributed by atoms with Gasteiger partial charge >= 0.3 is 0 Å². The number of hydrogen-bond donors (Lipinski definition) is 1. The highest BCUT2D eigenvalue weighted by atomic mass is 16.5. The number of nitriles is 1. The number of nitrogens with two attached hydrogens (primary N) is 1. The Morgan fingerprint density at radius 1 is 1.35 bits per heavy atom. The minimum absolute atomic E-state index is 0.186. The van der Waals surface area contributed by atoms with Crippen LogP contribution in [0.1, 0.15) is 5.76 Å². The normalized spacial score (nSPS) is 10.6. The molecule has 20 heavy (non-hydrogen) atoms. The fraction of sp³-hybridized carbons (Fsp3) is 0.143. The average Bonchev–Trinajstić information content (AvgIpc) is 3.03. The molecule has 0 radical (unpaired) electrons. The summed E-state index contributed by atoms with van der Waals surface area (Å²) in [6, 6.07) is 11.1. The van der Waals surface area contributed by atoms with Crippen molar-refractivity contribution in [3.8, 4) is 11.8 Å². The third kappa shape index (κ3) is 2.17. The molecule has 6 nitrogen and oxygen atoms in total. The lowest BCUT2D eigenvalue weighted by Gasteiger charge is -2.04. The second-order valence-electron chi connectivity index (χ2n) is 4.22. The van der Waals surface area contributed by atoms with E-state index in [0.717, 1.165) is 5.39 Å². The van der Waals surface area contributed by atoms with E-state index in [4.69, 9.17) is 20.1 Å². The Morgan fingerprint density at radius 3 is 2.95 bits per heavy atom. The largest absolute Gasteiger partial charge is 0.486 e. The molecule has 100 valence electrons. The predicted octanol–water partition coefficient (Wildman–Crippen LogP) is 2.16. The van der Waals surface area contributed by atoms with E-state index in [9.17, 15) is 0 Å². The Balaban J connectivity index is 1.78. The number of furan rings is 1. The zero-order valence-corrected chi connectivity index (χ0v) is 10.6. The molecule has 0 spiro atoms. The first kappa shape index (κ1) is 12.1. The van der Waals surface area contributed by atoms with Gasteiger partial charge in [0.25, 0.3) is 0 Å². The van der Waals surface area contributed by atoms with E-state index in [-0.39, 0.29) is 5.76 Å². The standard InChI is InChI=1S/C14H12N4O2/c15-9-12-14(10-3-1-2-4-11(10)20-12)19-8-7-18-6-5-13(16)17-18/h1-6H,7-8H2,(H2,16,17). The van der Waals surface area contributed by atoms with Crippen LogP contribution >= 0.6 is 0 Å². The lowest BCUT2D eigenvalue weighted by Crippen LogP contribution is -2.09. The highest BCUT2D eigenvalue weighted by molar-refractivity contribution is 5.86. The number of anilines is 1. The minimum atomic E-state index is 0.186. The van der Waals surface area contributed by atoms with Crippen LogP contribution in [0.5, 0.6) is 5.75 Å². The molecule has 0 bridgehead atoms. The predicted molar refractivity (Wildman–Crippen MR) is 73.1 cm³/mol. The van der Waals surface area contributed by atoms with Gasteiger partial charge in [-0.25, -0.2) is 0 Å². The van der Waals surface area contributed by atoms with Gasteiger partial charge in [0.05, 0.1) is 11.9 Å². The molecule has 0 fully saturated rings. The Morgan fingerprint density at radius 2 is 2.20 bits per heavy atom. The van der Waals surface area contributed by atoms with Crippen molar-refractivity contribution in [3.63, 3.8) is 0 Å². The van der Waals surface area contributed by atoms with Crippen molar-refractivity contribution < 1.29 is 9.15 Å². The molecule has 2 N–H and O–H groups in total. The number of hydrogen-bond acceptors (Lipinski definition) is 5. The fourth-order valence-corrected chi connectivity index (χ4v) is 1.98. The van der Waals surface area contributed by atoms with Crippen LogP contribution in [-0.4, -0.2) is 16.4 Å². The van der Waals surface area contributed by atoms with Gasteiger partial charge in [0, 0.05) is 6.20 Å². The molecular formula is C14H12N4O2. The average molecular weight is 268 g/mol. The van der Waals surface area contributed by atoms with Gasteiger partial charge < -0.3 is 14.9 Å². The molecule has 0 aliphatic heterocycles. The van der Waals surface area contributed by atoms with Gasteiger partial charge in [-0.1, -0.05) is 12.1 Å². The maximum atomic E-state index is 9.08. The van der Waals surface area contributed by atoms with Crippen LogP contribution < -0.4 is 10.5 Å². The van der Waals surface area contributed by atoms with Gasteiger partial charge in [0.15, 0.2) is 5.75 Å². The first-order valence-corrected chi connectivity index (χ1v) is 6.11. The summed E-state index contributed by atoms with van der Waals surface area (Å²) in [5, 5.41) is 13.9. The number of ether oxygens (including phenoxy) is 1. The van der Waals surface area contributed by atoms with Crippen molar-refractivity contribution in [1.29, 1.82) is 5.26 Å². The van der Waals surface area contributed by atoms with Gasteiger partial charge in [-0.2, -0.15) is 10.4 Å². The van der Waals surface area contributed by atoms with E-state index in [1.165, 1.54) is 0 Å². The third-order valence-electron chi connectivity index (χ3n) is 2.88. The Labute approximate surface area is 115 Å². The van der Waals surface area contributed by atoms with Crippen LogP contribution in [0.15, 0.2) is 40.9 Å². The zero-order valence-electron chi connectivity index (χ0n) is 10.6. The summed E-state index contributed by atoms with van der Waals surface area (Å²) in [5.74, 6) is 1.13. The SMILES string of the molecule is N#Cc1oc2ccccc2c1OCCn1ccc(N)n1. The van der Waals surface area contributed by atoms with Gasteiger partial charge in [-0.05, 0) is 18.2 Å². The van der Waals surface area contributed by atoms with Gasteiger partial charge in [0.1, 0.15) is 24.1 Å². The summed E-state index contributed by atoms with van der Waals surface area (Å²) < 4.78 is 12.8. The van der Waals surface area contributed by atoms with Crippen molar-refractivity contribution in [2.45, 2.75) is 6.54 Å². The molecule has 2 aromatic heterocycles. The zero-order chi connectivity index (χ0) is 13.9.